The molecular weight excluding hydrogens is 330 g/mol. The van der Waals surface area contributed by atoms with Crippen molar-refractivity contribution in [3.05, 3.63) is 48.2 Å². The number of pyridine rings is 1. The normalized spacial score (nSPS) is 19.1. The third-order valence-electron chi connectivity index (χ3n) is 4.49. The summed E-state index contributed by atoms with van der Waals surface area (Å²) in [4.78, 5) is 31.8. The second-order valence-electron chi connectivity index (χ2n) is 6.73. The summed E-state index contributed by atoms with van der Waals surface area (Å²) in [5.74, 6) is -0.0851. The van der Waals surface area contributed by atoms with Crippen molar-refractivity contribution in [2.45, 2.75) is 45.8 Å². The fraction of sp³-hybridized carbons (Fsp3) is 0.350. The Morgan fingerprint density at radius 2 is 1.96 bits per heavy atom. The molecule has 3 rings (SSSR count). The van der Waals surface area contributed by atoms with Crippen LogP contribution in [0.1, 0.15) is 33.3 Å². The zero-order valence-corrected chi connectivity index (χ0v) is 15.4. The predicted octanol–water partition coefficient (Wildman–Crippen LogP) is 3.18. The highest BCUT2D eigenvalue weighted by molar-refractivity contribution is 6.19. The summed E-state index contributed by atoms with van der Waals surface area (Å²) in [6.45, 7) is 7.32. The Hall–Kier alpha value is -2.89. The van der Waals surface area contributed by atoms with Crippen LogP contribution in [0.5, 0.6) is 5.75 Å². The van der Waals surface area contributed by atoms with Gasteiger partial charge in [0, 0.05) is 17.9 Å². The van der Waals surface area contributed by atoms with Crippen LogP contribution >= 0.6 is 0 Å². The van der Waals surface area contributed by atoms with Gasteiger partial charge in [0.05, 0.1) is 0 Å². The number of fused-ring (bicyclic) bond motifs is 1. The molecule has 1 aliphatic heterocycles. The van der Waals surface area contributed by atoms with Crippen molar-refractivity contribution in [1.82, 2.24) is 4.98 Å². The van der Waals surface area contributed by atoms with E-state index in [0.717, 1.165) is 6.42 Å². The number of hydrogen-bond acceptors (Lipinski definition) is 4. The Morgan fingerprint density at radius 1 is 1.27 bits per heavy atom. The molecule has 26 heavy (non-hydrogen) atoms. The van der Waals surface area contributed by atoms with Gasteiger partial charge in [0.2, 0.25) is 0 Å². The number of amides is 2. The van der Waals surface area contributed by atoms with Gasteiger partial charge >= 0.3 is 0 Å². The van der Waals surface area contributed by atoms with E-state index < -0.39 is 17.4 Å². The number of benzene rings is 1. The Kier molecular flexibility index (Phi) is 4.68. The molecule has 2 amide bonds. The molecule has 1 aromatic carbocycles. The lowest BCUT2D eigenvalue weighted by molar-refractivity contribution is -0.145. The fourth-order valence-electron chi connectivity index (χ4n) is 2.93. The molecule has 0 spiro atoms. The van der Waals surface area contributed by atoms with Crippen LogP contribution in [0.4, 0.5) is 11.5 Å². The van der Waals surface area contributed by atoms with Crippen molar-refractivity contribution in [2.75, 3.05) is 10.2 Å². The molecule has 0 radical (unpaired) electrons. The van der Waals surface area contributed by atoms with E-state index in [1.54, 1.807) is 18.3 Å². The Bertz CT molecular complexity index is 832. The molecule has 6 nitrogen and oxygen atoms in total. The molecule has 136 valence electrons. The number of ether oxygens (including phenoxy) is 1. The minimum absolute atomic E-state index is 0.156. The summed E-state index contributed by atoms with van der Waals surface area (Å²) in [7, 11) is 0. The van der Waals surface area contributed by atoms with Gasteiger partial charge in [-0.2, -0.15) is 0 Å². The average Bonchev–Trinajstić information content (AvgIpc) is 2.63. The van der Waals surface area contributed by atoms with Crippen molar-refractivity contribution < 1.29 is 14.3 Å². The highest BCUT2D eigenvalue weighted by Gasteiger charge is 2.51. The molecule has 2 aromatic rings. The van der Waals surface area contributed by atoms with E-state index in [0.29, 0.717) is 17.3 Å². The van der Waals surface area contributed by atoms with Gasteiger partial charge in [-0.15, -0.1) is 0 Å². The first kappa shape index (κ1) is 17.9. The molecule has 0 fully saturated rings. The summed E-state index contributed by atoms with van der Waals surface area (Å²) in [5.41, 5.74) is 0.132. The topological polar surface area (TPSA) is 71.5 Å². The van der Waals surface area contributed by atoms with Gasteiger partial charge in [-0.05, 0) is 57.0 Å². The number of rotatable bonds is 4. The van der Waals surface area contributed by atoms with Crippen molar-refractivity contribution in [3.63, 3.8) is 0 Å². The molecule has 6 heteroatoms. The number of carbonyl (C=O) groups is 2. The number of nitrogens with zero attached hydrogens (tertiary/aromatic N) is 2. The van der Waals surface area contributed by atoms with Gasteiger partial charge in [0.1, 0.15) is 0 Å². The molecule has 0 aliphatic carbocycles. The van der Waals surface area contributed by atoms with Gasteiger partial charge in [0.15, 0.2) is 11.6 Å². The van der Waals surface area contributed by atoms with Crippen LogP contribution in [0.3, 0.4) is 0 Å². The van der Waals surface area contributed by atoms with Crippen LogP contribution in [-0.2, 0) is 16.0 Å². The fourth-order valence-corrected chi connectivity index (χ4v) is 2.93. The summed E-state index contributed by atoms with van der Waals surface area (Å²) >= 11 is 0. The Labute approximate surface area is 153 Å². The third kappa shape index (κ3) is 3.03. The zero-order chi connectivity index (χ0) is 18.9. The van der Waals surface area contributed by atoms with Crippen molar-refractivity contribution in [3.8, 4) is 5.75 Å². The van der Waals surface area contributed by atoms with Crippen LogP contribution < -0.4 is 15.0 Å². The van der Waals surface area contributed by atoms with Gasteiger partial charge in [-0.3, -0.25) is 14.5 Å². The quantitative estimate of drug-likeness (QED) is 0.857. The van der Waals surface area contributed by atoms with E-state index in [1.807, 2.05) is 38.1 Å². The van der Waals surface area contributed by atoms with Gasteiger partial charge < -0.3 is 10.1 Å². The van der Waals surface area contributed by atoms with Crippen molar-refractivity contribution >= 4 is 23.3 Å². The van der Waals surface area contributed by atoms with Crippen molar-refractivity contribution in [1.29, 1.82) is 0 Å². The molecule has 1 atom stereocenters. The molecule has 0 saturated heterocycles. The summed E-state index contributed by atoms with van der Waals surface area (Å²) in [6.07, 6.45) is 2.52. The maximum atomic E-state index is 13.1. The van der Waals surface area contributed by atoms with Gasteiger partial charge in [-0.25, -0.2) is 4.98 Å². The lowest BCUT2D eigenvalue weighted by Crippen LogP contribution is -2.62. The monoisotopic (exact) mass is 353 g/mol. The largest absolute Gasteiger partial charge is 0.464 e. The van der Waals surface area contributed by atoms with Crippen LogP contribution in [0.25, 0.3) is 0 Å². The first-order valence-electron chi connectivity index (χ1n) is 8.75. The van der Waals surface area contributed by atoms with Crippen molar-refractivity contribution in [2.24, 2.45) is 0 Å². The number of aromatic nitrogens is 1. The second-order valence-corrected chi connectivity index (χ2v) is 6.73. The smallest absolute Gasteiger partial charge is 0.282 e. The van der Waals surface area contributed by atoms with Crippen LogP contribution in [-0.4, -0.2) is 28.4 Å². The number of aryl methyl sites for hydroxylation is 1. The van der Waals surface area contributed by atoms with E-state index in [2.05, 4.69) is 17.2 Å². The predicted molar refractivity (Wildman–Crippen MR) is 100 cm³/mol. The first-order valence-corrected chi connectivity index (χ1v) is 8.75. The van der Waals surface area contributed by atoms with Gasteiger partial charge in [-0.1, -0.05) is 19.1 Å². The molecule has 2 heterocycles. The second kappa shape index (κ2) is 6.78. The number of hydrogen-bond donors (Lipinski definition) is 1. The summed E-state index contributed by atoms with van der Waals surface area (Å²) < 4.78 is 5.83. The lowest BCUT2D eigenvalue weighted by Gasteiger charge is -2.40. The van der Waals surface area contributed by atoms with E-state index in [9.17, 15) is 9.59 Å². The SMILES string of the molecule is CCc1ccc(NC(=O)[C@]2(C)Oc3cccnc3N(C(C)C)C2=O)cc1. The third-order valence-corrected chi connectivity index (χ3v) is 4.49. The Morgan fingerprint density at radius 3 is 2.58 bits per heavy atom. The van der Waals surface area contributed by atoms with Crippen LogP contribution in [0.2, 0.25) is 0 Å². The van der Waals surface area contributed by atoms with Crippen LogP contribution in [0, 0.1) is 0 Å². The molecule has 1 aromatic heterocycles. The van der Waals surface area contributed by atoms with E-state index in [4.69, 9.17) is 4.74 Å². The molecule has 1 N–H and O–H groups in total. The molecule has 0 bridgehead atoms. The average molecular weight is 353 g/mol. The van der Waals surface area contributed by atoms with E-state index in [1.165, 1.54) is 17.4 Å². The number of carbonyl (C=O) groups excluding carboxylic acids is 2. The maximum Gasteiger partial charge on any atom is 0.282 e. The lowest BCUT2D eigenvalue weighted by atomic mass is 9.99. The summed E-state index contributed by atoms with van der Waals surface area (Å²) in [5, 5.41) is 2.79. The first-order chi connectivity index (χ1) is 12.4. The standard InChI is InChI=1S/C20H23N3O3/c1-5-14-8-10-15(11-9-14)22-18(24)20(4)19(25)23(13(2)3)17-16(26-20)7-6-12-21-17/h6-13H,5H2,1-4H3,(H,22,24)/t20-/m0/s1. The summed E-state index contributed by atoms with van der Waals surface area (Å²) in [6, 6.07) is 10.8. The highest BCUT2D eigenvalue weighted by atomic mass is 16.5. The molecule has 1 aliphatic rings. The molecule has 0 saturated carbocycles. The van der Waals surface area contributed by atoms with Crippen LogP contribution in [0.15, 0.2) is 42.6 Å². The van der Waals surface area contributed by atoms with Gasteiger partial charge in [0.25, 0.3) is 17.4 Å². The molecule has 0 unspecified atom stereocenters. The Balaban J connectivity index is 1.92. The van der Waals surface area contributed by atoms with E-state index >= 15 is 0 Å². The minimum Gasteiger partial charge on any atom is -0.464 e. The molecular formula is C20H23N3O3. The number of nitrogens with one attached hydrogen (secondary N) is 1. The van der Waals surface area contributed by atoms with E-state index in [-0.39, 0.29) is 6.04 Å². The highest BCUT2D eigenvalue weighted by Crippen LogP contribution is 2.37. The maximum absolute atomic E-state index is 13.1. The minimum atomic E-state index is -1.66. The zero-order valence-electron chi connectivity index (χ0n) is 15.4. The number of anilines is 2.